The van der Waals surface area contributed by atoms with Crippen LogP contribution in [0.5, 0.6) is 0 Å². The van der Waals surface area contributed by atoms with Crippen LogP contribution in [-0.4, -0.2) is 24.0 Å². The van der Waals surface area contributed by atoms with E-state index in [0.717, 1.165) is 17.9 Å². The van der Waals surface area contributed by atoms with Gasteiger partial charge in [-0.3, -0.25) is 0 Å². The molecule has 0 spiro atoms. The van der Waals surface area contributed by atoms with Crippen molar-refractivity contribution in [2.75, 3.05) is 13.1 Å². The second-order valence-corrected chi connectivity index (χ2v) is 6.28. The largest absolute Gasteiger partial charge is 0.300 e. The summed E-state index contributed by atoms with van der Waals surface area (Å²) >= 11 is 0. The highest BCUT2D eigenvalue weighted by atomic mass is 15.1. The van der Waals surface area contributed by atoms with Crippen molar-refractivity contribution >= 4 is 0 Å². The van der Waals surface area contributed by atoms with E-state index in [-0.39, 0.29) is 0 Å². The van der Waals surface area contributed by atoms with E-state index >= 15 is 0 Å². The van der Waals surface area contributed by atoms with Crippen molar-refractivity contribution in [2.24, 2.45) is 11.8 Å². The van der Waals surface area contributed by atoms with Crippen molar-refractivity contribution in [3.8, 4) is 0 Å². The Kier molecular flexibility index (Phi) is 7.18. The fraction of sp³-hybridized carbons (Fsp3) is 1.00. The van der Waals surface area contributed by atoms with Gasteiger partial charge in [-0.15, -0.1) is 0 Å². The monoisotopic (exact) mass is 239 g/mol. The Morgan fingerprint density at radius 3 is 2.29 bits per heavy atom. The summed E-state index contributed by atoms with van der Waals surface area (Å²) in [6, 6.07) is 0.803. The minimum atomic E-state index is 0.803. The molecule has 1 aliphatic rings. The topological polar surface area (TPSA) is 3.24 Å². The van der Waals surface area contributed by atoms with Crippen LogP contribution >= 0.6 is 0 Å². The molecule has 0 radical (unpaired) electrons. The van der Waals surface area contributed by atoms with Gasteiger partial charge in [0.05, 0.1) is 0 Å². The maximum Gasteiger partial charge on any atom is 0.00670 e. The molecule has 0 aliphatic heterocycles. The van der Waals surface area contributed by atoms with E-state index in [1.807, 2.05) is 0 Å². The van der Waals surface area contributed by atoms with Crippen LogP contribution in [0.2, 0.25) is 0 Å². The molecule has 17 heavy (non-hydrogen) atoms. The predicted molar refractivity (Wildman–Crippen MR) is 77.4 cm³/mol. The van der Waals surface area contributed by atoms with Gasteiger partial charge in [0.25, 0.3) is 0 Å². The minimum absolute atomic E-state index is 0.803. The predicted octanol–water partition coefficient (Wildman–Crippen LogP) is 4.71. The zero-order valence-corrected chi connectivity index (χ0v) is 12.5. The number of nitrogens with zero attached hydrogens (tertiary/aromatic N) is 1. The highest BCUT2D eigenvalue weighted by molar-refractivity contribution is 4.81. The molecule has 0 bridgehead atoms. The van der Waals surface area contributed by atoms with Crippen molar-refractivity contribution in [2.45, 2.75) is 78.7 Å². The van der Waals surface area contributed by atoms with E-state index in [2.05, 4.69) is 32.6 Å². The van der Waals surface area contributed by atoms with E-state index in [4.69, 9.17) is 0 Å². The molecule has 0 heterocycles. The Hall–Kier alpha value is -0.0400. The Bertz CT molecular complexity index is 184. The normalized spacial score (nSPS) is 25.9. The average molecular weight is 239 g/mol. The summed E-state index contributed by atoms with van der Waals surface area (Å²) in [7, 11) is 0. The van der Waals surface area contributed by atoms with Gasteiger partial charge in [-0.2, -0.15) is 0 Å². The molecule has 0 amide bonds. The van der Waals surface area contributed by atoms with Crippen molar-refractivity contribution in [3.05, 3.63) is 0 Å². The quantitative estimate of drug-likeness (QED) is 0.563. The molecular weight excluding hydrogens is 206 g/mol. The molecule has 1 aliphatic carbocycles. The van der Waals surface area contributed by atoms with Crippen LogP contribution < -0.4 is 0 Å². The van der Waals surface area contributed by atoms with Gasteiger partial charge in [-0.1, -0.05) is 40.0 Å². The van der Waals surface area contributed by atoms with E-state index < -0.39 is 0 Å². The van der Waals surface area contributed by atoms with Crippen LogP contribution in [-0.2, 0) is 0 Å². The number of rotatable bonds is 9. The van der Waals surface area contributed by atoms with Gasteiger partial charge in [0.15, 0.2) is 0 Å². The Morgan fingerprint density at radius 1 is 1.12 bits per heavy atom. The van der Waals surface area contributed by atoms with Crippen LogP contribution in [0.1, 0.15) is 72.6 Å². The number of hydrogen-bond donors (Lipinski definition) is 0. The summed E-state index contributed by atoms with van der Waals surface area (Å²) in [5.41, 5.74) is 0. The molecule has 0 N–H and O–H groups in total. The lowest BCUT2D eigenvalue weighted by Gasteiger charge is -2.39. The molecule has 0 aromatic carbocycles. The van der Waals surface area contributed by atoms with Gasteiger partial charge in [0.2, 0.25) is 0 Å². The standard InChI is InChI=1S/C16H33N/c1-5-7-9-15(4)17(10-8-6-2)13-16-11-14(3)12-16/h14-16H,5-13H2,1-4H3. The maximum absolute atomic E-state index is 2.77. The van der Waals surface area contributed by atoms with Crippen LogP contribution in [0.15, 0.2) is 0 Å². The second kappa shape index (κ2) is 8.13. The lowest BCUT2D eigenvalue weighted by Crippen LogP contribution is -2.41. The first kappa shape index (κ1) is 15.0. The van der Waals surface area contributed by atoms with Gasteiger partial charge in [0.1, 0.15) is 0 Å². The lowest BCUT2D eigenvalue weighted by atomic mass is 9.76. The van der Waals surface area contributed by atoms with Gasteiger partial charge < -0.3 is 4.90 Å². The molecule has 1 atom stereocenters. The zero-order valence-electron chi connectivity index (χ0n) is 12.5. The van der Waals surface area contributed by atoms with Crippen LogP contribution in [0.4, 0.5) is 0 Å². The van der Waals surface area contributed by atoms with Crippen LogP contribution in [0.25, 0.3) is 0 Å². The van der Waals surface area contributed by atoms with E-state index in [1.54, 1.807) is 0 Å². The van der Waals surface area contributed by atoms with Crippen LogP contribution in [0.3, 0.4) is 0 Å². The number of hydrogen-bond acceptors (Lipinski definition) is 1. The SMILES string of the molecule is CCCCC(C)N(CCCC)CC1CC(C)C1. The van der Waals surface area contributed by atoms with Crippen molar-refractivity contribution in [1.82, 2.24) is 4.90 Å². The van der Waals surface area contributed by atoms with Crippen molar-refractivity contribution in [1.29, 1.82) is 0 Å². The van der Waals surface area contributed by atoms with Crippen molar-refractivity contribution in [3.63, 3.8) is 0 Å². The summed E-state index contributed by atoms with van der Waals surface area (Å²) < 4.78 is 0. The maximum atomic E-state index is 2.77. The highest BCUT2D eigenvalue weighted by Crippen LogP contribution is 2.34. The molecule has 1 nitrogen and oxygen atoms in total. The van der Waals surface area contributed by atoms with E-state index in [9.17, 15) is 0 Å². The third-order valence-electron chi connectivity index (χ3n) is 4.36. The Labute approximate surface area is 109 Å². The molecule has 1 saturated carbocycles. The Balaban J connectivity index is 2.30. The fourth-order valence-electron chi connectivity index (χ4n) is 3.08. The molecular formula is C16H33N. The summed E-state index contributed by atoms with van der Waals surface area (Å²) in [6.07, 6.45) is 9.78. The van der Waals surface area contributed by atoms with E-state index in [0.29, 0.717) is 0 Å². The highest BCUT2D eigenvalue weighted by Gasteiger charge is 2.28. The Morgan fingerprint density at radius 2 is 1.76 bits per heavy atom. The second-order valence-electron chi connectivity index (χ2n) is 6.28. The third-order valence-corrected chi connectivity index (χ3v) is 4.36. The first-order valence-corrected chi connectivity index (χ1v) is 7.91. The zero-order chi connectivity index (χ0) is 12.7. The summed E-state index contributed by atoms with van der Waals surface area (Å²) in [5.74, 6) is 2.00. The average Bonchev–Trinajstić information content (AvgIpc) is 2.28. The smallest absolute Gasteiger partial charge is 0.00670 e. The van der Waals surface area contributed by atoms with Gasteiger partial charge >= 0.3 is 0 Å². The van der Waals surface area contributed by atoms with Gasteiger partial charge in [0, 0.05) is 12.6 Å². The first-order chi connectivity index (χ1) is 8.17. The molecule has 1 fully saturated rings. The van der Waals surface area contributed by atoms with Gasteiger partial charge in [-0.05, 0) is 51.0 Å². The molecule has 1 unspecified atom stereocenters. The third kappa shape index (κ3) is 5.42. The lowest BCUT2D eigenvalue weighted by molar-refractivity contribution is 0.102. The molecule has 102 valence electrons. The van der Waals surface area contributed by atoms with Crippen molar-refractivity contribution < 1.29 is 0 Å². The van der Waals surface area contributed by atoms with Gasteiger partial charge in [-0.25, -0.2) is 0 Å². The number of unbranched alkanes of at least 4 members (excludes halogenated alkanes) is 2. The molecule has 1 heteroatoms. The molecule has 0 aromatic rings. The first-order valence-electron chi connectivity index (χ1n) is 7.91. The van der Waals surface area contributed by atoms with E-state index in [1.165, 1.54) is 58.0 Å². The van der Waals surface area contributed by atoms with Crippen LogP contribution in [0, 0.1) is 11.8 Å². The summed E-state index contributed by atoms with van der Waals surface area (Å²) in [5, 5.41) is 0. The molecule has 1 rings (SSSR count). The minimum Gasteiger partial charge on any atom is -0.300 e. The summed E-state index contributed by atoms with van der Waals surface area (Å²) in [4.78, 5) is 2.77. The summed E-state index contributed by atoms with van der Waals surface area (Å²) in [6.45, 7) is 12.1. The molecule has 0 saturated heterocycles. The fourth-order valence-corrected chi connectivity index (χ4v) is 3.08. The molecule has 0 aromatic heterocycles.